The van der Waals surface area contributed by atoms with Gasteiger partial charge in [-0.1, -0.05) is 18.2 Å². The van der Waals surface area contributed by atoms with Crippen molar-refractivity contribution in [2.24, 2.45) is 0 Å². The molecule has 0 aromatic heterocycles. The first kappa shape index (κ1) is 14.9. The number of hydrogen-bond donors (Lipinski definition) is 2. The van der Waals surface area contributed by atoms with Gasteiger partial charge in [-0.3, -0.25) is 4.79 Å². The van der Waals surface area contributed by atoms with Crippen LogP contribution in [0.1, 0.15) is 24.2 Å². The summed E-state index contributed by atoms with van der Waals surface area (Å²) in [5.41, 5.74) is 1.99. The zero-order valence-corrected chi connectivity index (χ0v) is 12.5. The summed E-state index contributed by atoms with van der Waals surface area (Å²) < 4.78 is 0. The van der Waals surface area contributed by atoms with Gasteiger partial charge in [-0.05, 0) is 44.2 Å². The molecule has 21 heavy (non-hydrogen) atoms. The van der Waals surface area contributed by atoms with Crippen LogP contribution in [0.5, 0.6) is 5.75 Å². The molecule has 2 aromatic carbocycles. The van der Waals surface area contributed by atoms with Crippen molar-refractivity contribution in [3.63, 3.8) is 0 Å². The summed E-state index contributed by atoms with van der Waals surface area (Å²) in [5.74, 6) is -0.345. The fourth-order valence-electron chi connectivity index (χ4n) is 1.97. The topological polar surface area (TPSA) is 52.6 Å². The van der Waals surface area contributed by atoms with Crippen LogP contribution in [0.4, 0.5) is 11.4 Å². The van der Waals surface area contributed by atoms with E-state index in [2.05, 4.69) is 24.1 Å². The molecule has 2 aromatic rings. The molecule has 110 valence electrons. The van der Waals surface area contributed by atoms with Crippen molar-refractivity contribution < 1.29 is 9.90 Å². The number of para-hydroxylation sites is 1. The van der Waals surface area contributed by atoms with Crippen molar-refractivity contribution in [1.82, 2.24) is 0 Å². The molecule has 0 bridgehead atoms. The van der Waals surface area contributed by atoms with Crippen LogP contribution >= 0.6 is 0 Å². The Morgan fingerprint density at radius 3 is 2.52 bits per heavy atom. The number of nitrogens with zero attached hydrogens (tertiary/aromatic N) is 1. The number of benzene rings is 2. The Morgan fingerprint density at radius 2 is 1.86 bits per heavy atom. The minimum atomic E-state index is -0.322. The average Bonchev–Trinajstić information content (AvgIpc) is 2.47. The third-order valence-electron chi connectivity index (χ3n) is 3.43. The van der Waals surface area contributed by atoms with Gasteiger partial charge in [0.05, 0.1) is 5.56 Å². The van der Waals surface area contributed by atoms with Crippen LogP contribution in [-0.4, -0.2) is 24.1 Å². The lowest BCUT2D eigenvalue weighted by Gasteiger charge is -2.24. The van der Waals surface area contributed by atoms with Gasteiger partial charge >= 0.3 is 0 Å². The Hall–Kier alpha value is -2.49. The molecule has 0 unspecified atom stereocenters. The monoisotopic (exact) mass is 284 g/mol. The molecule has 0 atom stereocenters. The van der Waals surface area contributed by atoms with Gasteiger partial charge in [0.1, 0.15) is 5.75 Å². The number of hydrogen-bond acceptors (Lipinski definition) is 3. The third kappa shape index (κ3) is 3.54. The van der Waals surface area contributed by atoms with Gasteiger partial charge in [0.2, 0.25) is 0 Å². The quantitative estimate of drug-likeness (QED) is 0.903. The molecule has 2 N–H and O–H groups in total. The minimum absolute atomic E-state index is 0.0227. The summed E-state index contributed by atoms with van der Waals surface area (Å²) in [6.45, 7) is 4.21. The van der Waals surface area contributed by atoms with E-state index in [4.69, 9.17) is 0 Å². The molecule has 0 spiro atoms. The first-order chi connectivity index (χ1) is 9.99. The minimum Gasteiger partial charge on any atom is -0.507 e. The number of aromatic hydroxyl groups is 1. The molecular formula is C17H20N2O2. The number of phenols is 1. The van der Waals surface area contributed by atoms with Crippen molar-refractivity contribution in [3.8, 4) is 5.75 Å². The van der Waals surface area contributed by atoms with Gasteiger partial charge in [-0.25, -0.2) is 0 Å². The summed E-state index contributed by atoms with van der Waals surface area (Å²) in [4.78, 5) is 14.3. The summed E-state index contributed by atoms with van der Waals surface area (Å²) in [6, 6.07) is 14.5. The molecule has 0 fully saturated rings. The fourth-order valence-corrected chi connectivity index (χ4v) is 1.97. The van der Waals surface area contributed by atoms with Gasteiger partial charge in [0.25, 0.3) is 5.91 Å². The zero-order valence-electron chi connectivity index (χ0n) is 12.5. The lowest BCUT2D eigenvalue weighted by molar-refractivity contribution is 0.102. The molecule has 4 nitrogen and oxygen atoms in total. The molecule has 0 aliphatic rings. The summed E-state index contributed by atoms with van der Waals surface area (Å²) in [7, 11) is 2.01. The largest absolute Gasteiger partial charge is 0.507 e. The van der Waals surface area contributed by atoms with Crippen LogP contribution in [0.2, 0.25) is 0 Å². The molecular weight excluding hydrogens is 264 g/mol. The van der Waals surface area contributed by atoms with Gasteiger partial charge in [0, 0.05) is 24.5 Å². The first-order valence-corrected chi connectivity index (χ1v) is 6.91. The highest BCUT2D eigenvalue weighted by Gasteiger charge is 2.11. The SMILES string of the molecule is CC(C)N(C)c1cccc(NC(=O)c2ccccc2O)c1. The molecule has 0 heterocycles. The highest BCUT2D eigenvalue weighted by molar-refractivity contribution is 6.06. The summed E-state index contributed by atoms with van der Waals surface area (Å²) in [6.07, 6.45) is 0. The second-order valence-corrected chi connectivity index (χ2v) is 5.23. The maximum absolute atomic E-state index is 12.2. The Kier molecular flexibility index (Phi) is 4.48. The number of anilines is 2. The van der Waals surface area contributed by atoms with E-state index in [0.717, 1.165) is 5.69 Å². The Labute approximate surface area is 125 Å². The van der Waals surface area contributed by atoms with Crippen LogP contribution in [0.3, 0.4) is 0 Å². The average molecular weight is 284 g/mol. The predicted octanol–water partition coefficient (Wildman–Crippen LogP) is 3.49. The van der Waals surface area contributed by atoms with Crippen LogP contribution in [0, 0.1) is 0 Å². The number of rotatable bonds is 4. The standard InChI is InChI=1S/C17H20N2O2/c1-12(2)19(3)14-8-6-7-13(11-14)18-17(21)15-9-4-5-10-16(15)20/h4-12,20H,1-3H3,(H,18,21). The Morgan fingerprint density at radius 1 is 1.14 bits per heavy atom. The van der Waals surface area contributed by atoms with E-state index >= 15 is 0 Å². The van der Waals surface area contributed by atoms with Crippen LogP contribution in [0.15, 0.2) is 48.5 Å². The second kappa shape index (κ2) is 6.31. The van der Waals surface area contributed by atoms with E-state index in [1.54, 1.807) is 18.2 Å². The maximum atomic E-state index is 12.2. The number of carbonyl (C=O) groups excluding carboxylic acids is 1. The molecule has 1 amide bonds. The highest BCUT2D eigenvalue weighted by Crippen LogP contribution is 2.22. The van der Waals surface area contributed by atoms with Crippen molar-refractivity contribution in [2.45, 2.75) is 19.9 Å². The predicted molar refractivity (Wildman–Crippen MR) is 86.0 cm³/mol. The van der Waals surface area contributed by atoms with Crippen LogP contribution in [-0.2, 0) is 0 Å². The Balaban J connectivity index is 2.19. The number of nitrogens with one attached hydrogen (secondary N) is 1. The fraction of sp³-hybridized carbons (Fsp3) is 0.235. The van der Waals surface area contributed by atoms with Gasteiger partial charge in [-0.15, -0.1) is 0 Å². The normalized spacial score (nSPS) is 10.5. The number of carbonyl (C=O) groups is 1. The lowest BCUT2D eigenvalue weighted by Crippen LogP contribution is -2.25. The van der Waals surface area contributed by atoms with Gasteiger partial charge in [-0.2, -0.15) is 0 Å². The van der Waals surface area contributed by atoms with E-state index in [-0.39, 0.29) is 17.2 Å². The number of phenolic OH excluding ortho intramolecular Hbond substituents is 1. The van der Waals surface area contributed by atoms with Crippen LogP contribution < -0.4 is 10.2 Å². The van der Waals surface area contributed by atoms with Crippen molar-refractivity contribution in [3.05, 3.63) is 54.1 Å². The summed E-state index contributed by atoms with van der Waals surface area (Å²) in [5, 5.41) is 12.5. The zero-order chi connectivity index (χ0) is 15.4. The molecule has 4 heteroatoms. The van der Waals surface area contributed by atoms with E-state index < -0.39 is 0 Å². The summed E-state index contributed by atoms with van der Waals surface area (Å²) >= 11 is 0. The van der Waals surface area contributed by atoms with E-state index in [1.165, 1.54) is 6.07 Å². The van der Waals surface area contributed by atoms with Crippen LogP contribution in [0.25, 0.3) is 0 Å². The molecule has 0 saturated heterocycles. The molecule has 0 aliphatic carbocycles. The maximum Gasteiger partial charge on any atom is 0.259 e. The number of amides is 1. The highest BCUT2D eigenvalue weighted by atomic mass is 16.3. The second-order valence-electron chi connectivity index (χ2n) is 5.23. The molecule has 0 aliphatic heterocycles. The van der Waals surface area contributed by atoms with Crippen molar-refractivity contribution in [1.29, 1.82) is 0 Å². The molecule has 2 rings (SSSR count). The van der Waals surface area contributed by atoms with Crippen molar-refractivity contribution in [2.75, 3.05) is 17.3 Å². The van der Waals surface area contributed by atoms with Gasteiger partial charge < -0.3 is 15.3 Å². The van der Waals surface area contributed by atoms with E-state index in [0.29, 0.717) is 11.7 Å². The molecule has 0 saturated carbocycles. The Bertz CT molecular complexity index is 638. The molecule has 0 radical (unpaired) electrons. The third-order valence-corrected chi connectivity index (χ3v) is 3.43. The smallest absolute Gasteiger partial charge is 0.259 e. The van der Waals surface area contributed by atoms with Crippen molar-refractivity contribution >= 4 is 17.3 Å². The van der Waals surface area contributed by atoms with E-state index in [9.17, 15) is 9.90 Å². The first-order valence-electron chi connectivity index (χ1n) is 6.91. The van der Waals surface area contributed by atoms with Gasteiger partial charge in [0.15, 0.2) is 0 Å². The van der Waals surface area contributed by atoms with E-state index in [1.807, 2.05) is 31.3 Å². The lowest BCUT2D eigenvalue weighted by atomic mass is 10.1.